The van der Waals surface area contributed by atoms with Crippen molar-refractivity contribution in [1.82, 2.24) is 0 Å². The van der Waals surface area contributed by atoms with Gasteiger partial charge in [0.25, 0.3) is 0 Å². The fraction of sp³-hybridized carbons (Fsp3) is 0. The summed E-state index contributed by atoms with van der Waals surface area (Å²) < 4.78 is 0. The van der Waals surface area contributed by atoms with Gasteiger partial charge in [-0.05, 0) is 0 Å². The Labute approximate surface area is 67.6 Å². The van der Waals surface area contributed by atoms with Gasteiger partial charge in [0.15, 0.2) is 0 Å². The first-order valence-electron chi connectivity index (χ1n) is 0. The normalized spacial score (nSPS) is 0. The number of hydrogen-bond acceptors (Lipinski definition) is 3. The van der Waals surface area contributed by atoms with Gasteiger partial charge in [0.1, 0.15) is 0 Å². The summed E-state index contributed by atoms with van der Waals surface area (Å²) in [6, 6.07) is 0. The second-order valence-electron chi connectivity index (χ2n) is 0. The van der Waals surface area contributed by atoms with E-state index in [-0.39, 0.29) is 66.6 Å². The molecule has 0 spiro atoms. The molecule has 1 radical (unpaired) electrons. The van der Waals surface area contributed by atoms with Gasteiger partial charge < -0.3 is 49.3 Å². The fourth-order valence-electron chi connectivity index (χ4n) is 0. The molecule has 0 heterocycles. The molecule has 75 valence electrons. The molecule has 0 aliphatic heterocycles. The molecule has 0 bridgehead atoms. The third-order valence-electron chi connectivity index (χ3n) is 0. The molecule has 0 saturated heterocycles. The van der Waals surface area contributed by atoms with Crippen molar-refractivity contribution in [2.75, 3.05) is 0 Å². The van der Waals surface area contributed by atoms with Crippen LogP contribution >= 0.6 is 0 Å². The van der Waals surface area contributed by atoms with Crippen LogP contribution in [0.5, 0.6) is 0 Å². The molecule has 0 aliphatic rings. The SMILES string of the molecule is O.O.O.O.O.O.[Cr+3].[OH-].[OH-].[OH-]. The van der Waals surface area contributed by atoms with Gasteiger partial charge in [-0.3, -0.25) is 0 Å². The Balaban J connectivity index is 0. The van der Waals surface area contributed by atoms with Crippen molar-refractivity contribution in [2.45, 2.75) is 0 Å². The van der Waals surface area contributed by atoms with Crippen LogP contribution in [0.1, 0.15) is 0 Å². The summed E-state index contributed by atoms with van der Waals surface area (Å²) in [4.78, 5) is 0. The minimum Gasteiger partial charge on any atom is -0.870 e. The summed E-state index contributed by atoms with van der Waals surface area (Å²) in [5.74, 6) is 0. The molecular formula is H15CrO9. The standard InChI is InChI=1S/Cr.9H2O/h;9*1H2/q+3;;;;;;;;;/p-3. The zero-order valence-electron chi connectivity index (χ0n) is 4.75. The molecular weight excluding hydrogens is 196 g/mol. The van der Waals surface area contributed by atoms with Crippen LogP contribution in [0.4, 0.5) is 0 Å². The molecule has 15 N–H and O–H groups in total. The maximum atomic E-state index is 0. The Bertz CT molecular complexity index is 4.69. The van der Waals surface area contributed by atoms with Crippen molar-refractivity contribution in [3.8, 4) is 0 Å². The quantitative estimate of drug-likeness (QED) is 0.378. The van der Waals surface area contributed by atoms with E-state index in [0.29, 0.717) is 0 Å². The van der Waals surface area contributed by atoms with Crippen molar-refractivity contribution in [3.63, 3.8) is 0 Å². The topological polar surface area (TPSA) is 279 Å². The Morgan fingerprint density at radius 2 is 0.300 bits per heavy atom. The molecule has 10 heteroatoms. The maximum absolute atomic E-state index is 0. The third kappa shape index (κ3) is 14100. The van der Waals surface area contributed by atoms with Crippen molar-refractivity contribution in [1.29, 1.82) is 0 Å². The molecule has 10 heavy (non-hydrogen) atoms. The molecule has 0 atom stereocenters. The van der Waals surface area contributed by atoms with E-state index in [1.54, 1.807) is 0 Å². The minimum absolute atomic E-state index is 0. The predicted octanol–water partition coefficient (Wildman–Crippen LogP) is -5.48. The Morgan fingerprint density at radius 3 is 0.300 bits per heavy atom. The van der Waals surface area contributed by atoms with E-state index in [9.17, 15) is 0 Å². The van der Waals surface area contributed by atoms with Crippen molar-refractivity contribution in [3.05, 3.63) is 0 Å². The molecule has 9 nitrogen and oxygen atoms in total. The summed E-state index contributed by atoms with van der Waals surface area (Å²) in [5.41, 5.74) is 0. The summed E-state index contributed by atoms with van der Waals surface area (Å²) in [5, 5.41) is 0. The van der Waals surface area contributed by atoms with Crippen LogP contribution in [-0.2, 0) is 17.4 Å². The van der Waals surface area contributed by atoms with Gasteiger partial charge in [0, 0.05) is 0 Å². The number of rotatable bonds is 0. The monoisotopic (exact) mass is 211 g/mol. The Morgan fingerprint density at radius 1 is 0.300 bits per heavy atom. The molecule has 0 aromatic carbocycles. The van der Waals surface area contributed by atoms with Crippen LogP contribution < -0.4 is 0 Å². The van der Waals surface area contributed by atoms with Crippen LogP contribution in [0.15, 0.2) is 0 Å². The smallest absolute Gasteiger partial charge is 0.870 e. The average Bonchev–Trinajstić information content (AvgIpc) is 0. The number of hydrogen-bond donors (Lipinski definition) is 0. The average molecular weight is 211 g/mol. The van der Waals surface area contributed by atoms with Gasteiger partial charge in [0.05, 0.1) is 0 Å². The molecule has 0 aromatic rings. The third-order valence-corrected chi connectivity index (χ3v) is 0. The van der Waals surface area contributed by atoms with Crippen LogP contribution in [0.2, 0.25) is 0 Å². The summed E-state index contributed by atoms with van der Waals surface area (Å²) in [6.45, 7) is 0. The molecule has 0 rings (SSSR count). The van der Waals surface area contributed by atoms with E-state index in [4.69, 9.17) is 0 Å². The van der Waals surface area contributed by atoms with Gasteiger partial charge in [0.2, 0.25) is 0 Å². The molecule has 0 amide bonds. The van der Waals surface area contributed by atoms with E-state index in [2.05, 4.69) is 0 Å². The second kappa shape index (κ2) is 20600. The Hall–Kier alpha value is 0.172. The minimum atomic E-state index is 0. The zero-order chi connectivity index (χ0) is 0. The predicted molar refractivity (Wildman–Crippen MR) is 27.5 cm³/mol. The van der Waals surface area contributed by atoms with E-state index >= 15 is 0 Å². The summed E-state index contributed by atoms with van der Waals surface area (Å²) >= 11 is 0. The largest absolute Gasteiger partial charge is 3.00 e. The van der Waals surface area contributed by atoms with Gasteiger partial charge in [-0.15, -0.1) is 0 Å². The van der Waals surface area contributed by atoms with E-state index in [0.717, 1.165) is 0 Å². The first kappa shape index (κ1) is 28800. The molecule has 0 fully saturated rings. The molecule has 0 unspecified atom stereocenters. The second-order valence-corrected chi connectivity index (χ2v) is 0. The van der Waals surface area contributed by atoms with Gasteiger partial charge >= 0.3 is 17.4 Å². The van der Waals surface area contributed by atoms with Crippen LogP contribution in [-0.4, -0.2) is 49.3 Å². The van der Waals surface area contributed by atoms with Gasteiger partial charge in [-0.25, -0.2) is 0 Å². The van der Waals surface area contributed by atoms with Crippen molar-refractivity contribution in [2.24, 2.45) is 0 Å². The molecule has 0 saturated carbocycles. The summed E-state index contributed by atoms with van der Waals surface area (Å²) in [6.07, 6.45) is 0. The van der Waals surface area contributed by atoms with Crippen molar-refractivity contribution >= 4 is 0 Å². The van der Waals surface area contributed by atoms with Crippen LogP contribution in [0.3, 0.4) is 0 Å². The Kier molecular flexibility index (Phi) is 59300000. The van der Waals surface area contributed by atoms with Crippen molar-refractivity contribution < 1.29 is 66.6 Å². The van der Waals surface area contributed by atoms with Crippen LogP contribution in [0, 0.1) is 0 Å². The maximum Gasteiger partial charge on any atom is 3.00 e. The molecule has 0 aromatic heterocycles. The van der Waals surface area contributed by atoms with Crippen LogP contribution in [0.25, 0.3) is 0 Å². The van der Waals surface area contributed by atoms with E-state index in [1.165, 1.54) is 0 Å². The first-order valence-corrected chi connectivity index (χ1v) is 0. The van der Waals surface area contributed by atoms with Gasteiger partial charge in [-0.1, -0.05) is 0 Å². The first-order chi connectivity index (χ1) is 0. The summed E-state index contributed by atoms with van der Waals surface area (Å²) in [7, 11) is 0. The fourth-order valence-corrected chi connectivity index (χ4v) is 0. The van der Waals surface area contributed by atoms with E-state index in [1.807, 2.05) is 0 Å². The van der Waals surface area contributed by atoms with Gasteiger partial charge in [-0.2, -0.15) is 0 Å². The molecule has 0 aliphatic carbocycles. The zero-order valence-corrected chi connectivity index (χ0v) is 6.02. The van der Waals surface area contributed by atoms with E-state index < -0.39 is 0 Å².